The largest absolute Gasteiger partial charge is 0.393 e. The van der Waals surface area contributed by atoms with Crippen LogP contribution in [0.4, 0.5) is 0 Å². The third kappa shape index (κ3) is 0.864. The molecule has 0 spiro atoms. The first-order chi connectivity index (χ1) is 4.36. The first kappa shape index (κ1) is 5.69. The molecule has 1 saturated heterocycles. The summed E-state index contributed by atoms with van der Waals surface area (Å²) in [7, 11) is 0. The Kier molecular flexibility index (Phi) is 1.24. The van der Waals surface area contributed by atoms with Crippen molar-refractivity contribution >= 4 is 0 Å². The molecule has 1 aliphatic heterocycles. The number of aliphatic hydroxyl groups is 1. The predicted octanol–water partition coefficient (Wildman–Crippen LogP) is 0.404. The monoisotopic (exact) mass is 128 g/mol. The van der Waals surface area contributed by atoms with Crippen LogP contribution >= 0.6 is 0 Å². The third-order valence-corrected chi connectivity index (χ3v) is 2.48. The molecule has 1 aliphatic carbocycles. The van der Waals surface area contributed by atoms with Crippen molar-refractivity contribution in [2.24, 2.45) is 11.8 Å². The summed E-state index contributed by atoms with van der Waals surface area (Å²) in [6.45, 7) is 1.78. The van der Waals surface area contributed by atoms with Gasteiger partial charge in [-0.15, -0.1) is 0 Å². The molecule has 2 nitrogen and oxygen atoms in total. The van der Waals surface area contributed by atoms with Gasteiger partial charge in [0.15, 0.2) is 0 Å². The summed E-state index contributed by atoms with van der Waals surface area (Å²) >= 11 is 0. The molecule has 9 heavy (non-hydrogen) atoms. The van der Waals surface area contributed by atoms with Crippen LogP contribution in [-0.2, 0) is 4.74 Å². The lowest BCUT2D eigenvalue weighted by atomic mass is 10.0. The van der Waals surface area contributed by atoms with Gasteiger partial charge in [-0.3, -0.25) is 0 Å². The lowest BCUT2D eigenvalue weighted by Crippen LogP contribution is -2.02. The minimum absolute atomic E-state index is 0.0242. The number of aliphatic hydroxyl groups excluding tert-OH is 1. The molecule has 0 bridgehead atoms. The van der Waals surface area contributed by atoms with E-state index in [1.165, 1.54) is 0 Å². The molecule has 2 aliphatic rings. The van der Waals surface area contributed by atoms with Crippen molar-refractivity contribution in [2.45, 2.75) is 18.9 Å². The average Bonchev–Trinajstić information content (AvgIpc) is 2.22. The van der Waals surface area contributed by atoms with Crippen LogP contribution in [-0.4, -0.2) is 24.4 Å². The van der Waals surface area contributed by atoms with Crippen LogP contribution in [0.2, 0.25) is 0 Å². The molecule has 2 rings (SSSR count). The maximum atomic E-state index is 9.18. The molecular weight excluding hydrogens is 116 g/mol. The lowest BCUT2D eigenvalue weighted by molar-refractivity contribution is 0.125. The molecule has 2 fully saturated rings. The van der Waals surface area contributed by atoms with Crippen LogP contribution in [0.25, 0.3) is 0 Å². The summed E-state index contributed by atoms with van der Waals surface area (Å²) in [5.74, 6) is 1.36. The summed E-state index contributed by atoms with van der Waals surface area (Å²) in [6, 6.07) is 0. The second-order valence-electron chi connectivity index (χ2n) is 3.18. The lowest BCUT2D eigenvalue weighted by Gasteiger charge is -2.00. The molecule has 0 radical (unpaired) electrons. The Balaban J connectivity index is 2.02. The molecule has 1 N–H and O–H groups in total. The highest BCUT2D eigenvalue weighted by molar-refractivity contribution is 4.86. The molecule has 0 aromatic rings. The molecule has 2 atom stereocenters. The zero-order chi connectivity index (χ0) is 6.27. The van der Waals surface area contributed by atoms with Crippen molar-refractivity contribution in [3.8, 4) is 0 Å². The van der Waals surface area contributed by atoms with Gasteiger partial charge in [0, 0.05) is 13.2 Å². The van der Waals surface area contributed by atoms with E-state index in [1.807, 2.05) is 0 Å². The van der Waals surface area contributed by atoms with Gasteiger partial charge in [0.2, 0.25) is 0 Å². The van der Waals surface area contributed by atoms with Gasteiger partial charge in [-0.05, 0) is 24.7 Å². The normalized spacial score (nSPS) is 43.7. The fourth-order valence-electron chi connectivity index (χ4n) is 1.96. The van der Waals surface area contributed by atoms with Gasteiger partial charge >= 0.3 is 0 Å². The zero-order valence-corrected chi connectivity index (χ0v) is 5.42. The SMILES string of the molecule is OC1C[C@@H]2COC[C@H]2C1. The average molecular weight is 128 g/mol. The van der Waals surface area contributed by atoms with Crippen LogP contribution in [0.5, 0.6) is 0 Å². The first-order valence-electron chi connectivity index (χ1n) is 3.62. The van der Waals surface area contributed by atoms with E-state index in [0.29, 0.717) is 11.8 Å². The first-order valence-corrected chi connectivity index (χ1v) is 3.62. The van der Waals surface area contributed by atoms with Gasteiger partial charge in [-0.2, -0.15) is 0 Å². The fourth-order valence-corrected chi connectivity index (χ4v) is 1.96. The Labute approximate surface area is 54.8 Å². The van der Waals surface area contributed by atoms with Crippen LogP contribution in [0, 0.1) is 11.8 Å². The molecule has 1 saturated carbocycles. The highest BCUT2D eigenvalue weighted by Gasteiger charge is 2.37. The van der Waals surface area contributed by atoms with E-state index in [9.17, 15) is 5.11 Å². The minimum atomic E-state index is -0.0242. The van der Waals surface area contributed by atoms with Crippen molar-refractivity contribution in [3.05, 3.63) is 0 Å². The van der Waals surface area contributed by atoms with Gasteiger partial charge in [0.1, 0.15) is 0 Å². The Morgan fingerprint density at radius 3 is 2.22 bits per heavy atom. The summed E-state index contributed by atoms with van der Waals surface area (Å²) in [5.41, 5.74) is 0. The van der Waals surface area contributed by atoms with Crippen LogP contribution in [0.3, 0.4) is 0 Å². The van der Waals surface area contributed by atoms with Crippen molar-refractivity contribution in [3.63, 3.8) is 0 Å². The summed E-state index contributed by atoms with van der Waals surface area (Å²) in [5, 5.41) is 9.18. The maximum absolute atomic E-state index is 9.18. The highest BCUT2D eigenvalue weighted by Crippen LogP contribution is 2.36. The van der Waals surface area contributed by atoms with Crippen LogP contribution < -0.4 is 0 Å². The van der Waals surface area contributed by atoms with Gasteiger partial charge in [-0.25, -0.2) is 0 Å². The number of hydrogen-bond acceptors (Lipinski definition) is 2. The summed E-state index contributed by atoms with van der Waals surface area (Å²) in [4.78, 5) is 0. The standard InChI is InChI=1S/C7H12O2/c8-7-1-5-3-9-4-6(5)2-7/h5-8H,1-4H2/t5-,6-/m1/s1. The summed E-state index contributed by atoms with van der Waals surface area (Å²) < 4.78 is 5.25. The Bertz CT molecular complexity index is 101. The Morgan fingerprint density at radius 2 is 1.67 bits per heavy atom. The molecule has 0 unspecified atom stereocenters. The Hall–Kier alpha value is -0.0800. The van der Waals surface area contributed by atoms with Gasteiger partial charge in [0.25, 0.3) is 0 Å². The third-order valence-electron chi connectivity index (χ3n) is 2.48. The van der Waals surface area contributed by atoms with E-state index < -0.39 is 0 Å². The van der Waals surface area contributed by atoms with Crippen molar-refractivity contribution < 1.29 is 9.84 Å². The van der Waals surface area contributed by atoms with E-state index in [2.05, 4.69) is 0 Å². The van der Waals surface area contributed by atoms with Gasteiger partial charge < -0.3 is 9.84 Å². The minimum Gasteiger partial charge on any atom is -0.393 e. The highest BCUT2D eigenvalue weighted by atomic mass is 16.5. The molecular formula is C7H12O2. The van der Waals surface area contributed by atoms with E-state index in [4.69, 9.17) is 4.74 Å². The van der Waals surface area contributed by atoms with Crippen molar-refractivity contribution in [1.82, 2.24) is 0 Å². The molecule has 2 heteroatoms. The van der Waals surface area contributed by atoms with Crippen molar-refractivity contribution in [2.75, 3.05) is 13.2 Å². The van der Waals surface area contributed by atoms with Crippen molar-refractivity contribution in [1.29, 1.82) is 0 Å². The second-order valence-corrected chi connectivity index (χ2v) is 3.18. The quantitative estimate of drug-likeness (QED) is 0.512. The molecule has 0 aromatic heterocycles. The topological polar surface area (TPSA) is 29.5 Å². The Morgan fingerprint density at radius 1 is 1.11 bits per heavy atom. The molecule has 52 valence electrons. The smallest absolute Gasteiger partial charge is 0.0547 e. The van der Waals surface area contributed by atoms with E-state index in [1.54, 1.807) is 0 Å². The molecule has 1 heterocycles. The fraction of sp³-hybridized carbons (Fsp3) is 1.00. The van der Waals surface area contributed by atoms with Gasteiger partial charge in [0.05, 0.1) is 6.10 Å². The van der Waals surface area contributed by atoms with E-state index >= 15 is 0 Å². The van der Waals surface area contributed by atoms with Crippen LogP contribution in [0.1, 0.15) is 12.8 Å². The number of fused-ring (bicyclic) bond motifs is 1. The maximum Gasteiger partial charge on any atom is 0.0547 e. The number of hydrogen-bond donors (Lipinski definition) is 1. The predicted molar refractivity (Wildman–Crippen MR) is 33.0 cm³/mol. The number of rotatable bonds is 0. The molecule has 0 amide bonds. The summed E-state index contributed by atoms with van der Waals surface area (Å²) in [6.07, 6.45) is 1.93. The van der Waals surface area contributed by atoms with Crippen LogP contribution in [0.15, 0.2) is 0 Å². The second kappa shape index (κ2) is 1.96. The molecule has 0 aromatic carbocycles. The zero-order valence-electron chi connectivity index (χ0n) is 5.42. The number of ether oxygens (including phenoxy) is 1. The van der Waals surface area contributed by atoms with Gasteiger partial charge in [-0.1, -0.05) is 0 Å². The van der Waals surface area contributed by atoms with E-state index in [0.717, 1.165) is 26.1 Å². The van der Waals surface area contributed by atoms with E-state index in [-0.39, 0.29) is 6.10 Å².